The fourth-order valence-corrected chi connectivity index (χ4v) is 1.91. The summed E-state index contributed by atoms with van der Waals surface area (Å²) < 4.78 is 38.7. The van der Waals surface area contributed by atoms with Crippen LogP contribution in [0.5, 0.6) is 0 Å². The van der Waals surface area contributed by atoms with Gasteiger partial charge in [0.2, 0.25) is 0 Å². The highest BCUT2D eigenvalue weighted by Crippen LogP contribution is 2.13. The highest BCUT2D eigenvalue weighted by Gasteiger charge is 2.10. The van der Waals surface area contributed by atoms with Crippen LogP contribution >= 0.6 is 11.8 Å². The van der Waals surface area contributed by atoms with Crippen molar-refractivity contribution >= 4 is 11.8 Å². The summed E-state index contributed by atoms with van der Waals surface area (Å²) in [6, 6.07) is 1.66. The molecule has 0 fully saturated rings. The van der Waals surface area contributed by atoms with Gasteiger partial charge in [0.1, 0.15) is 5.82 Å². The van der Waals surface area contributed by atoms with Crippen LogP contribution in [0.15, 0.2) is 12.1 Å². The number of thioether (sulfide) groups is 1. The molecule has 90 valence electrons. The van der Waals surface area contributed by atoms with Gasteiger partial charge in [-0.1, -0.05) is 0 Å². The maximum Gasteiger partial charge on any atom is 0.161 e. The van der Waals surface area contributed by atoms with Crippen LogP contribution in [0.4, 0.5) is 13.2 Å². The monoisotopic (exact) mass is 249 g/mol. The lowest BCUT2D eigenvalue weighted by atomic mass is 10.2. The van der Waals surface area contributed by atoms with Gasteiger partial charge in [-0.2, -0.15) is 11.8 Å². The Labute approximate surface area is 97.4 Å². The molecule has 0 aliphatic heterocycles. The molecule has 1 nitrogen and oxygen atoms in total. The highest BCUT2D eigenvalue weighted by molar-refractivity contribution is 7.98. The Kier molecular flexibility index (Phi) is 5.15. The van der Waals surface area contributed by atoms with E-state index in [1.165, 1.54) is 0 Å². The van der Waals surface area contributed by atoms with Crippen LogP contribution in [0.2, 0.25) is 0 Å². The Balaban J connectivity index is 2.63. The lowest BCUT2D eigenvalue weighted by Gasteiger charge is -2.12. The molecule has 5 heteroatoms. The Morgan fingerprint density at radius 3 is 2.44 bits per heavy atom. The number of nitrogens with one attached hydrogen (secondary N) is 1. The highest BCUT2D eigenvalue weighted by atomic mass is 32.2. The van der Waals surface area contributed by atoms with E-state index in [2.05, 4.69) is 5.32 Å². The van der Waals surface area contributed by atoms with Crippen LogP contribution in [0.1, 0.15) is 12.5 Å². The summed E-state index contributed by atoms with van der Waals surface area (Å²) >= 11 is 1.66. The van der Waals surface area contributed by atoms with Crippen molar-refractivity contribution in [3.05, 3.63) is 35.1 Å². The second kappa shape index (κ2) is 6.15. The molecule has 0 bridgehead atoms. The third kappa shape index (κ3) is 3.72. The Hall–Kier alpha value is -0.680. The normalized spacial score (nSPS) is 12.8. The molecule has 0 spiro atoms. The van der Waals surface area contributed by atoms with Gasteiger partial charge in [0, 0.05) is 30.0 Å². The molecule has 0 aliphatic rings. The number of rotatable bonds is 5. The van der Waals surface area contributed by atoms with Gasteiger partial charge in [-0.25, -0.2) is 13.2 Å². The van der Waals surface area contributed by atoms with Crippen LogP contribution in [0.25, 0.3) is 0 Å². The molecule has 1 aromatic carbocycles. The summed E-state index contributed by atoms with van der Waals surface area (Å²) in [7, 11) is 0. The molecule has 1 atom stereocenters. The third-order valence-electron chi connectivity index (χ3n) is 2.15. The van der Waals surface area contributed by atoms with Crippen molar-refractivity contribution in [2.45, 2.75) is 19.5 Å². The summed E-state index contributed by atoms with van der Waals surface area (Å²) in [5.74, 6) is -2.01. The zero-order valence-electron chi connectivity index (χ0n) is 9.19. The largest absolute Gasteiger partial charge is 0.309 e. The zero-order valence-corrected chi connectivity index (χ0v) is 10.0. The summed E-state index contributed by atoms with van der Waals surface area (Å²) in [4.78, 5) is 0. The minimum absolute atomic E-state index is 0.145. The van der Waals surface area contributed by atoms with Crippen LogP contribution < -0.4 is 5.32 Å². The molecule has 1 aromatic rings. The first-order valence-corrected chi connectivity index (χ1v) is 6.29. The fraction of sp³-hybridized carbons (Fsp3) is 0.455. The fourth-order valence-electron chi connectivity index (χ4n) is 1.29. The van der Waals surface area contributed by atoms with Gasteiger partial charge in [0.15, 0.2) is 11.6 Å². The van der Waals surface area contributed by atoms with Crippen molar-refractivity contribution in [2.75, 3.05) is 12.0 Å². The topological polar surface area (TPSA) is 12.0 Å². The maximum absolute atomic E-state index is 13.2. The van der Waals surface area contributed by atoms with Crippen molar-refractivity contribution in [1.82, 2.24) is 5.32 Å². The molecule has 0 amide bonds. The van der Waals surface area contributed by atoms with E-state index in [9.17, 15) is 13.2 Å². The van der Waals surface area contributed by atoms with Gasteiger partial charge in [-0.3, -0.25) is 0 Å². The summed E-state index contributed by atoms with van der Waals surface area (Å²) in [6.45, 7) is 2.15. The Morgan fingerprint density at radius 2 is 1.81 bits per heavy atom. The van der Waals surface area contributed by atoms with E-state index in [-0.39, 0.29) is 18.2 Å². The molecule has 0 aliphatic carbocycles. The van der Waals surface area contributed by atoms with E-state index in [1.807, 2.05) is 13.2 Å². The first-order chi connectivity index (χ1) is 7.54. The lowest BCUT2D eigenvalue weighted by Crippen LogP contribution is -2.28. The molecule has 1 rings (SSSR count). The Bertz CT molecular complexity index is 357. The molecule has 0 aromatic heterocycles. The van der Waals surface area contributed by atoms with Gasteiger partial charge in [0.25, 0.3) is 0 Å². The van der Waals surface area contributed by atoms with E-state index in [1.54, 1.807) is 11.8 Å². The predicted molar refractivity (Wildman–Crippen MR) is 61.0 cm³/mol. The number of hydrogen-bond acceptors (Lipinski definition) is 2. The van der Waals surface area contributed by atoms with Gasteiger partial charge in [-0.05, 0) is 19.2 Å². The average Bonchev–Trinajstić information content (AvgIpc) is 2.22. The number of hydrogen-bond donors (Lipinski definition) is 1. The molecular formula is C11H14F3NS. The molecule has 0 heterocycles. The molecule has 1 N–H and O–H groups in total. The maximum atomic E-state index is 13.2. The smallest absolute Gasteiger partial charge is 0.161 e. The molecule has 1 unspecified atom stereocenters. The van der Waals surface area contributed by atoms with E-state index >= 15 is 0 Å². The Morgan fingerprint density at radius 1 is 1.19 bits per heavy atom. The lowest BCUT2D eigenvalue weighted by molar-refractivity contribution is 0.484. The summed E-state index contributed by atoms with van der Waals surface area (Å²) in [5.41, 5.74) is 0.145. The van der Waals surface area contributed by atoms with Crippen molar-refractivity contribution in [2.24, 2.45) is 0 Å². The number of halogens is 3. The van der Waals surface area contributed by atoms with Gasteiger partial charge >= 0.3 is 0 Å². The van der Waals surface area contributed by atoms with Crippen molar-refractivity contribution < 1.29 is 13.2 Å². The molecule has 0 saturated heterocycles. The standard InChI is InChI=1S/C11H14F3NS/c1-7(6-16-2)15-5-8-3-10(13)11(14)4-9(8)12/h3-4,7,15H,5-6H2,1-2H3. The van der Waals surface area contributed by atoms with Gasteiger partial charge in [0.05, 0.1) is 0 Å². The zero-order chi connectivity index (χ0) is 12.1. The summed E-state index contributed by atoms with van der Waals surface area (Å²) in [5, 5.41) is 3.04. The predicted octanol–water partition coefficient (Wildman–Crippen LogP) is 2.95. The van der Waals surface area contributed by atoms with Crippen molar-refractivity contribution in [1.29, 1.82) is 0 Å². The minimum Gasteiger partial charge on any atom is -0.309 e. The molecule has 0 saturated carbocycles. The minimum atomic E-state index is -1.15. The average molecular weight is 249 g/mol. The van der Waals surface area contributed by atoms with Crippen LogP contribution in [0, 0.1) is 17.5 Å². The second-order valence-electron chi connectivity index (χ2n) is 3.60. The number of benzene rings is 1. The molecule has 16 heavy (non-hydrogen) atoms. The van der Waals surface area contributed by atoms with E-state index < -0.39 is 17.5 Å². The van der Waals surface area contributed by atoms with E-state index in [0.717, 1.165) is 11.8 Å². The quantitative estimate of drug-likeness (QED) is 0.805. The third-order valence-corrected chi connectivity index (χ3v) is 2.98. The van der Waals surface area contributed by atoms with Crippen LogP contribution in [-0.2, 0) is 6.54 Å². The molecule has 0 radical (unpaired) electrons. The van der Waals surface area contributed by atoms with Crippen LogP contribution in [-0.4, -0.2) is 18.1 Å². The van der Waals surface area contributed by atoms with E-state index in [4.69, 9.17) is 0 Å². The summed E-state index contributed by atoms with van der Waals surface area (Å²) in [6.07, 6.45) is 1.97. The molecular weight excluding hydrogens is 235 g/mol. The SMILES string of the molecule is CSCC(C)NCc1cc(F)c(F)cc1F. The van der Waals surface area contributed by atoms with Gasteiger partial charge < -0.3 is 5.32 Å². The van der Waals surface area contributed by atoms with Gasteiger partial charge in [-0.15, -0.1) is 0 Å². The first kappa shape index (κ1) is 13.4. The first-order valence-electron chi connectivity index (χ1n) is 4.90. The van der Waals surface area contributed by atoms with Crippen LogP contribution in [0.3, 0.4) is 0 Å². The van der Waals surface area contributed by atoms with E-state index in [0.29, 0.717) is 6.07 Å². The van der Waals surface area contributed by atoms with Crippen molar-refractivity contribution in [3.63, 3.8) is 0 Å². The second-order valence-corrected chi connectivity index (χ2v) is 4.51. The van der Waals surface area contributed by atoms with Crippen molar-refractivity contribution in [3.8, 4) is 0 Å².